The van der Waals surface area contributed by atoms with E-state index in [1.54, 1.807) is 59.4 Å². The van der Waals surface area contributed by atoms with Crippen molar-refractivity contribution in [3.8, 4) is 0 Å². The minimum absolute atomic E-state index is 0.285. The number of carbonyl (C=O) groups is 1. The summed E-state index contributed by atoms with van der Waals surface area (Å²) in [4.78, 5) is 24.8. The number of aromatic nitrogens is 4. The SMILES string of the molecule is CC(C)=NOP(=O)(COC(C)Cn1cnc2c(N)ncnc21)NC(C)(C)C(=O)OC(C)C. The van der Waals surface area contributed by atoms with Crippen LogP contribution in [0.4, 0.5) is 5.82 Å². The van der Waals surface area contributed by atoms with Crippen molar-refractivity contribution in [3.05, 3.63) is 12.7 Å². The van der Waals surface area contributed by atoms with Gasteiger partial charge in [-0.15, -0.1) is 0 Å². The van der Waals surface area contributed by atoms with Crippen molar-refractivity contribution >= 4 is 36.2 Å². The topological polar surface area (TPSA) is 156 Å². The summed E-state index contributed by atoms with van der Waals surface area (Å²) in [7, 11) is -3.72. The van der Waals surface area contributed by atoms with Crippen LogP contribution in [0.15, 0.2) is 17.8 Å². The molecule has 0 saturated carbocycles. The number of nitrogens with one attached hydrogen (secondary N) is 1. The quantitative estimate of drug-likeness (QED) is 0.217. The number of nitrogens with two attached hydrogens (primary N) is 1. The number of anilines is 1. The van der Waals surface area contributed by atoms with Crippen LogP contribution in [-0.2, 0) is 30.0 Å². The maximum Gasteiger partial charge on any atom is 0.365 e. The van der Waals surface area contributed by atoms with Crippen LogP contribution in [0.1, 0.15) is 48.5 Å². The van der Waals surface area contributed by atoms with Gasteiger partial charge in [-0.05, 0) is 48.5 Å². The van der Waals surface area contributed by atoms with Crippen molar-refractivity contribution in [2.45, 2.75) is 72.8 Å². The molecule has 178 valence electrons. The normalized spacial score (nSPS) is 14.8. The summed E-state index contributed by atoms with van der Waals surface area (Å²) in [5.41, 5.74) is 6.14. The Morgan fingerprint density at radius 1 is 1.28 bits per heavy atom. The van der Waals surface area contributed by atoms with Gasteiger partial charge in [0.1, 0.15) is 23.7 Å². The molecule has 0 bridgehead atoms. The van der Waals surface area contributed by atoms with Crippen molar-refractivity contribution in [2.75, 3.05) is 12.1 Å². The highest BCUT2D eigenvalue weighted by molar-refractivity contribution is 7.56. The molecule has 32 heavy (non-hydrogen) atoms. The first-order valence-electron chi connectivity index (χ1n) is 10.2. The molecule has 2 aromatic rings. The number of esters is 1. The van der Waals surface area contributed by atoms with Gasteiger partial charge in [-0.25, -0.2) is 20.0 Å². The fraction of sp³-hybridized carbons (Fsp3) is 0.632. The Hall–Kier alpha value is -2.56. The molecule has 13 heteroatoms. The number of nitrogen functional groups attached to an aromatic ring is 1. The Kier molecular flexibility index (Phi) is 8.33. The van der Waals surface area contributed by atoms with Gasteiger partial charge in [0.25, 0.3) is 0 Å². The summed E-state index contributed by atoms with van der Waals surface area (Å²) in [6.07, 6.45) is 1.89. The van der Waals surface area contributed by atoms with Crippen LogP contribution in [0, 0.1) is 0 Å². The molecule has 2 unspecified atom stereocenters. The van der Waals surface area contributed by atoms with Crippen molar-refractivity contribution in [1.82, 2.24) is 24.6 Å². The lowest BCUT2D eigenvalue weighted by molar-refractivity contribution is -0.153. The van der Waals surface area contributed by atoms with Crippen LogP contribution in [0.3, 0.4) is 0 Å². The molecule has 0 amide bonds. The average molecular weight is 469 g/mol. The fourth-order valence-corrected chi connectivity index (χ4v) is 4.49. The number of imidazole rings is 1. The van der Waals surface area contributed by atoms with Crippen LogP contribution in [0.2, 0.25) is 0 Å². The molecule has 2 atom stereocenters. The van der Waals surface area contributed by atoms with E-state index in [0.717, 1.165) is 0 Å². The molecule has 0 aliphatic carbocycles. The molecule has 0 aliphatic rings. The lowest BCUT2D eigenvalue weighted by Crippen LogP contribution is -2.47. The number of fused-ring (bicyclic) bond motifs is 1. The standard InChI is InChI=1S/C19H32N7O5P/c1-12(2)24-31-32(28,25-19(6,7)18(27)30-13(3)4)11-29-14(5)8-26-10-23-15-16(20)21-9-22-17(15)26/h9-10,13-14H,8,11H2,1-7H3,(H,25,28)(H2,20,21,22). The van der Waals surface area contributed by atoms with Gasteiger partial charge >= 0.3 is 13.5 Å². The van der Waals surface area contributed by atoms with E-state index in [2.05, 4.69) is 25.2 Å². The van der Waals surface area contributed by atoms with Gasteiger partial charge < -0.3 is 24.4 Å². The molecule has 2 aromatic heterocycles. The number of ether oxygens (including phenoxy) is 2. The zero-order valence-corrected chi connectivity index (χ0v) is 20.4. The second-order valence-corrected chi connectivity index (χ2v) is 10.4. The smallest absolute Gasteiger partial charge is 0.365 e. The van der Waals surface area contributed by atoms with Gasteiger partial charge in [-0.1, -0.05) is 5.16 Å². The average Bonchev–Trinajstić information content (AvgIpc) is 3.08. The highest BCUT2D eigenvalue weighted by atomic mass is 31.2. The largest absolute Gasteiger partial charge is 0.462 e. The predicted molar refractivity (Wildman–Crippen MR) is 121 cm³/mol. The van der Waals surface area contributed by atoms with E-state index in [1.807, 2.05) is 0 Å². The molecule has 12 nitrogen and oxygen atoms in total. The van der Waals surface area contributed by atoms with Crippen LogP contribution in [0.5, 0.6) is 0 Å². The van der Waals surface area contributed by atoms with Crippen molar-refractivity contribution in [3.63, 3.8) is 0 Å². The van der Waals surface area contributed by atoms with Gasteiger partial charge in [0.2, 0.25) is 0 Å². The first-order chi connectivity index (χ1) is 14.8. The third kappa shape index (κ3) is 6.98. The fourth-order valence-electron chi connectivity index (χ4n) is 2.64. The van der Waals surface area contributed by atoms with E-state index in [4.69, 9.17) is 19.8 Å². The third-order valence-electron chi connectivity index (χ3n) is 4.07. The van der Waals surface area contributed by atoms with Crippen molar-refractivity contribution in [1.29, 1.82) is 0 Å². The van der Waals surface area contributed by atoms with Gasteiger partial charge in [0.05, 0.1) is 30.8 Å². The van der Waals surface area contributed by atoms with E-state index >= 15 is 0 Å². The first kappa shape index (κ1) is 25.7. The molecule has 0 fully saturated rings. The number of hydrogen-bond acceptors (Lipinski definition) is 10. The summed E-state index contributed by atoms with van der Waals surface area (Å²) in [6, 6.07) is 0. The molecule has 3 N–H and O–H groups in total. The van der Waals surface area contributed by atoms with Gasteiger partial charge in [-0.3, -0.25) is 9.36 Å². The van der Waals surface area contributed by atoms with Gasteiger partial charge in [0, 0.05) is 0 Å². The minimum atomic E-state index is -3.72. The van der Waals surface area contributed by atoms with E-state index < -0.39 is 25.1 Å². The minimum Gasteiger partial charge on any atom is -0.462 e. The Balaban J connectivity index is 2.11. The van der Waals surface area contributed by atoms with Crippen molar-refractivity contribution in [2.24, 2.45) is 5.16 Å². The summed E-state index contributed by atoms with van der Waals surface area (Å²) < 4.78 is 31.6. The van der Waals surface area contributed by atoms with E-state index in [1.165, 1.54) is 6.33 Å². The number of oxime groups is 1. The molecule has 0 aliphatic heterocycles. The molecule has 2 rings (SSSR count). The van der Waals surface area contributed by atoms with Gasteiger partial charge in [-0.2, -0.15) is 0 Å². The molecular weight excluding hydrogens is 437 g/mol. The summed E-state index contributed by atoms with van der Waals surface area (Å²) >= 11 is 0. The van der Waals surface area contributed by atoms with Crippen molar-refractivity contribution < 1.29 is 23.5 Å². The zero-order chi connectivity index (χ0) is 24.1. The molecule has 0 spiro atoms. The highest BCUT2D eigenvalue weighted by Gasteiger charge is 2.40. The predicted octanol–water partition coefficient (Wildman–Crippen LogP) is 2.70. The lowest BCUT2D eigenvalue weighted by atomic mass is 10.1. The maximum absolute atomic E-state index is 13.5. The molecule has 0 saturated heterocycles. The van der Waals surface area contributed by atoms with E-state index in [0.29, 0.717) is 23.4 Å². The first-order valence-corrected chi connectivity index (χ1v) is 12.0. The Bertz CT molecular complexity index is 1020. The molecule has 2 heterocycles. The third-order valence-corrected chi connectivity index (χ3v) is 5.80. The van der Waals surface area contributed by atoms with Crippen LogP contribution in [-0.4, -0.2) is 55.3 Å². The van der Waals surface area contributed by atoms with Crippen LogP contribution >= 0.6 is 7.52 Å². The number of carbonyl (C=O) groups excluding carboxylic acids is 1. The summed E-state index contributed by atoms with van der Waals surface area (Å²) in [6.45, 7) is 12.1. The molecule has 0 radical (unpaired) electrons. The maximum atomic E-state index is 13.5. The summed E-state index contributed by atoms with van der Waals surface area (Å²) in [5, 5.41) is 6.57. The van der Waals surface area contributed by atoms with E-state index in [9.17, 15) is 9.36 Å². The Morgan fingerprint density at radius 3 is 2.59 bits per heavy atom. The molecular formula is C19H32N7O5P. The highest BCUT2D eigenvalue weighted by Crippen LogP contribution is 2.45. The number of hydrogen-bond donors (Lipinski definition) is 2. The van der Waals surface area contributed by atoms with Gasteiger partial charge in [0.15, 0.2) is 11.5 Å². The second kappa shape index (κ2) is 10.4. The number of nitrogens with zero attached hydrogens (tertiary/aromatic N) is 5. The van der Waals surface area contributed by atoms with E-state index in [-0.39, 0.29) is 18.3 Å². The van der Waals surface area contributed by atoms with Crippen LogP contribution < -0.4 is 10.8 Å². The Labute approximate surface area is 187 Å². The lowest BCUT2D eigenvalue weighted by Gasteiger charge is -2.29. The number of rotatable bonds is 11. The van der Waals surface area contributed by atoms with Crippen LogP contribution in [0.25, 0.3) is 11.2 Å². The summed E-state index contributed by atoms with van der Waals surface area (Å²) in [5.74, 6) is -0.281. The second-order valence-electron chi connectivity index (χ2n) is 8.42. The monoisotopic (exact) mass is 469 g/mol. The zero-order valence-electron chi connectivity index (χ0n) is 19.5. The Morgan fingerprint density at radius 2 is 1.97 bits per heavy atom. The molecule has 0 aromatic carbocycles.